The van der Waals surface area contributed by atoms with Gasteiger partial charge in [-0.1, -0.05) is 0 Å². The average Bonchev–Trinajstić information content (AvgIpc) is 2.85. The lowest BCUT2D eigenvalue weighted by molar-refractivity contribution is 0.637. The highest BCUT2D eigenvalue weighted by Gasteiger charge is 2.20. The predicted octanol–water partition coefficient (Wildman–Crippen LogP) is 3.68. The van der Waals surface area contributed by atoms with Gasteiger partial charge < -0.3 is 5.32 Å². The first-order valence-corrected chi connectivity index (χ1v) is 7.72. The van der Waals surface area contributed by atoms with E-state index in [4.69, 9.17) is 0 Å². The molecule has 0 atom stereocenters. The van der Waals surface area contributed by atoms with E-state index in [9.17, 15) is 0 Å². The molecule has 0 radical (unpaired) electrons. The second-order valence-electron chi connectivity index (χ2n) is 4.63. The van der Waals surface area contributed by atoms with Gasteiger partial charge in [-0.25, -0.2) is 4.98 Å². The second kappa shape index (κ2) is 4.88. The molecule has 1 saturated carbocycles. The van der Waals surface area contributed by atoms with Crippen molar-refractivity contribution in [1.82, 2.24) is 10.3 Å². The summed E-state index contributed by atoms with van der Waals surface area (Å²) in [6.07, 6.45) is 4.83. The Kier molecular flexibility index (Phi) is 3.27. The minimum absolute atomic E-state index is 0.922. The number of thiophene rings is 1. The summed E-state index contributed by atoms with van der Waals surface area (Å²) in [5.41, 5.74) is 1.36. The van der Waals surface area contributed by atoms with Crippen molar-refractivity contribution in [3.63, 3.8) is 0 Å². The molecule has 0 aliphatic heterocycles. The van der Waals surface area contributed by atoms with Gasteiger partial charge in [0.2, 0.25) is 0 Å². The maximum atomic E-state index is 4.49. The highest BCUT2D eigenvalue weighted by Crippen LogP contribution is 2.33. The smallest absolute Gasteiger partial charge is 0.107 e. The van der Waals surface area contributed by atoms with E-state index in [2.05, 4.69) is 28.7 Å². The predicted molar refractivity (Wildman–Crippen MR) is 74.6 cm³/mol. The molecule has 2 aromatic heterocycles. The van der Waals surface area contributed by atoms with Crippen LogP contribution in [0.4, 0.5) is 0 Å². The average molecular weight is 264 g/mol. The molecule has 0 amide bonds. The van der Waals surface area contributed by atoms with Gasteiger partial charge in [0.05, 0.1) is 4.88 Å². The summed E-state index contributed by atoms with van der Waals surface area (Å²) in [5.74, 6) is 0.939. The van der Waals surface area contributed by atoms with Crippen LogP contribution in [0.25, 0.3) is 9.75 Å². The van der Waals surface area contributed by atoms with E-state index in [0.717, 1.165) is 19.0 Å². The van der Waals surface area contributed by atoms with Crippen LogP contribution in [-0.4, -0.2) is 11.5 Å². The molecule has 0 spiro atoms. The monoisotopic (exact) mass is 264 g/mol. The summed E-state index contributed by atoms with van der Waals surface area (Å²) in [6.45, 7) is 4.25. The van der Waals surface area contributed by atoms with Gasteiger partial charge in [-0.15, -0.1) is 22.7 Å². The number of aryl methyl sites for hydroxylation is 1. The summed E-state index contributed by atoms with van der Waals surface area (Å²) in [7, 11) is 0. The lowest BCUT2D eigenvalue weighted by atomic mass is 10.3. The normalized spacial score (nSPS) is 15.4. The van der Waals surface area contributed by atoms with Crippen LogP contribution in [0.5, 0.6) is 0 Å². The van der Waals surface area contributed by atoms with Gasteiger partial charge in [0.1, 0.15) is 5.01 Å². The summed E-state index contributed by atoms with van der Waals surface area (Å²) < 4.78 is 0. The van der Waals surface area contributed by atoms with E-state index < -0.39 is 0 Å². The molecule has 0 saturated heterocycles. The summed E-state index contributed by atoms with van der Waals surface area (Å²) in [4.78, 5) is 7.17. The van der Waals surface area contributed by atoms with E-state index in [1.54, 1.807) is 11.3 Å². The first kappa shape index (κ1) is 11.4. The van der Waals surface area contributed by atoms with Crippen molar-refractivity contribution in [3.8, 4) is 9.75 Å². The number of aromatic nitrogens is 1. The van der Waals surface area contributed by atoms with E-state index in [1.807, 2.05) is 17.5 Å². The standard InChI is InChI=1S/C13H16N2S2/c1-9-4-5-16-13(9)11-7-15-12(17-11)8-14-6-10-2-3-10/h4-5,7,10,14H,2-3,6,8H2,1H3. The SMILES string of the molecule is Cc1ccsc1-c1cnc(CNCC2CC2)s1. The zero-order chi connectivity index (χ0) is 11.7. The third kappa shape index (κ3) is 2.76. The lowest BCUT2D eigenvalue weighted by Gasteiger charge is -1.98. The number of hydrogen-bond donors (Lipinski definition) is 1. The molecule has 0 unspecified atom stereocenters. The third-order valence-corrected chi connectivity index (χ3v) is 5.24. The number of rotatable bonds is 5. The molecule has 2 heterocycles. The van der Waals surface area contributed by atoms with E-state index >= 15 is 0 Å². The highest BCUT2D eigenvalue weighted by atomic mass is 32.1. The minimum atomic E-state index is 0.922. The Morgan fingerprint density at radius 1 is 1.47 bits per heavy atom. The van der Waals surface area contributed by atoms with Gasteiger partial charge in [0, 0.05) is 17.6 Å². The maximum absolute atomic E-state index is 4.49. The second-order valence-corrected chi connectivity index (χ2v) is 6.66. The van der Waals surface area contributed by atoms with Crippen LogP contribution in [0.1, 0.15) is 23.4 Å². The van der Waals surface area contributed by atoms with Gasteiger partial charge in [-0.05, 0) is 49.2 Å². The molecular formula is C13H16N2S2. The largest absolute Gasteiger partial charge is 0.310 e. The topological polar surface area (TPSA) is 24.9 Å². The first-order valence-electron chi connectivity index (χ1n) is 6.03. The zero-order valence-corrected chi connectivity index (χ0v) is 11.5. The van der Waals surface area contributed by atoms with E-state index in [0.29, 0.717) is 0 Å². The van der Waals surface area contributed by atoms with Gasteiger partial charge in [-0.3, -0.25) is 0 Å². The molecule has 1 N–H and O–H groups in total. The Labute approximate surface area is 110 Å². The van der Waals surface area contributed by atoms with E-state index in [1.165, 1.54) is 33.2 Å². The Balaban J connectivity index is 1.63. The van der Waals surface area contributed by atoms with Crippen molar-refractivity contribution in [2.24, 2.45) is 5.92 Å². The van der Waals surface area contributed by atoms with Gasteiger partial charge >= 0.3 is 0 Å². The van der Waals surface area contributed by atoms with Gasteiger partial charge in [-0.2, -0.15) is 0 Å². The number of thiazole rings is 1. The number of nitrogens with one attached hydrogen (secondary N) is 1. The Hall–Kier alpha value is -0.710. The van der Waals surface area contributed by atoms with Gasteiger partial charge in [0.25, 0.3) is 0 Å². The Bertz CT molecular complexity index is 497. The molecule has 3 rings (SSSR count). The van der Waals surface area contributed by atoms with Crippen molar-refractivity contribution in [2.75, 3.05) is 6.54 Å². The molecule has 17 heavy (non-hydrogen) atoms. The zero-order valence-electron chi connectivity index (χ0n) is 9.90. The molecule has 4 heteroatoms. The number of nitrogens with zero attached hydrogens (tertiary/aromatic N) is 1. The fourth-order valence-electron chi connectivity index (χ4n) is 1.83. The molecule has 1 aliphatic rings. The van der Waals surface area contributed by atoms with Crippen molar-refractivity contribution in [2.45, 2.75) is 26.3 Å². The molecule has 1 aliphatic carbocycles. The van der Waals surface area contributed by atoms with Crippen molar-refractivity contribution in [3.05, 3.63) is 28.2 Å². The fraction of sp³-hybridized carbons (Fsp3) is 0.462. The van der Waals surface area contributed by atoms with Crippen LogP contribution in [0.3, 0.4) is 0 Å². The molecule has 2 nitrogen and oxygen atoms in total. The van der Waals surface area contributed by atoms with Crippen molar-refractivity contribution in [1.29, 1.82) is 0 Å². The molecule has 2 aromatic rings. The molecule has 0 bridgehead atoms. The molecule has 1 fully saturated rings. The van der Waals surface area contributed by atoms with E-state index in [-0.39, 0.29) is 0 Å². The number of hydrogen-bond acceptors (Lipinski definition) is 4. The lowest BCUT2D eigenvalue weighted by Crippen LogP contribution is -2.15. The molecular weight excluding hydrogens is 248 g/mol. The summed E-state index contributed by atoms with van der Waals surface area (Å²) in [5, 5.41) is 6.84. The molecule has 90 valence electrons. The van der Waals surface area contributed by atoms with Crippen molar-refractivity contribution < 1.29 is 0 Å². The minimum Gasteiger partial charge on any atom is -0.310 e. The van der Waals surface area contributed by atoms with Gasteiger partial charge in [0.15, 0.2) is 0 Å². The van der Waals surface area contributed by atoms with Crippen molar-refractivity contribution >= 4 is 22.7 Å². The molecule has 0 aromatic carbocycles. The van der Waals surface area contributed by atoms with Crippen LogP contribution in [0, 0.1) is 12.8 Å². The Morgan fingerprint density at radius 2 is 2.35 bits per heavy atom. The first-order chi connectivity index (χ1) is 8.33. The highest BCUT2D eigenvalue weighted by molar-refractivity contribution is 7.21. The van der Waals surface area contributed by atoms with Crippen LogP contribution < -0.4 is 5.32 Å². The van der Waals surface area contributed by atoms with Crippen LogP contribution in [0.2, 0.25) is 0 Å². The summed E-state index contributed by atoms with van der Waals surface area (Å²) >= 11 is 3.62. The fourth-order valence-corrected chi connectivity index (χ4v) is 3.82. The maximum Gasteiger partial charge on any atom is 0.107 e. The van der Waals surface area contributed by atoms with Crippen LogP contribution in [-0.2, 0) is 6.54 Å². The van der Waals surface area contributed by atoms with Crippen LogP contribution >= 0.6 is 22.7 Å². The summed E-state index contributed by atoms with van der Waals surface area (Å²) in [6, 6.07) is 2.17. The quantitative estimate of drug-likeness (QED) is 0.891. The third-order valence-electron chi connectivity index (χ3n) is 3.05. The Morgan fingerprint density at radius 3 is 3.06 bits per heavy atom. The van der Waals surface area contributed by atoms with Crippen LogP contribution in [0.15, 0.2) is 17.6 Å².